The number of pyridine rings is 2. The summed E-state index contributed by atoms with van der Waals surface area (Å²) in [7, 11) is 7.27. The number of aromatic nitrogens is 2. The van der Waals surface area contributed by atoms with Crippen molar-refractivity contribution in [1.29, 1.82) is 0 Å². The maximum absolute atomic E-state index is 12.9. The molecule has 0 amide bonds. The number of aryl methyl sites for hydroxylation is 3. The van der Waals surface area contributed by atoms with E-state index in [2.05, 4.69) is 51.8 Å². The van der Waals surface area contributed by atoms with Crippen LogP contribution in [0.3, 0.4) is 0 Å². The van der Waals surface area contributed by atoms with Gasteiger partial charge < -0.3 is 19.5 Å². The van der Waals surface area contributed by atoms with E-state index < -0.39 is 11.5 Å². The van der Waals surface area contributed by atoms with E-state index in [1.54, 1.807) is 25.6 Å². The maximum atomic E-state index is 12.9. The number of benzene rings is 1. The molecule has 0 aliphatic carbocycles. The SMILES string of the molecule is COc1cc(C(O)(CCN(C)C)C(c2cc3cc(Br)ccc3nc2OC)c2cc(C)sc2C)cc(C)n1. The van der Waals surface area contributed by atoms with Crippen LogP contribution in [0, 0.1) is 20.8 Å². The second kappa shape index (κ2) is 11.1. The quantitative estimate of drug-likeness (QED) is 0.247. The lowest BCUT2D eigenvalue weighted by atomic mass is 9.71. The third kappa shape index (κ3) is 5.67. The predicted molar refractivity (Wildman–Crippen MR) is 154 cm³/mol. The van der Waals surface area contributed by atoms with E-state index in [0.29, 0.717) is 24.7 Å². The Hall–Kier alpha value is -2.52. The van der Waals surface area contributed by atoms with E-state index in [4.69, 9.17) is 14.5 Å². The van der Waals surface area contributed by atoms with Gasteiger partial charge in [0.15, 0.2) is 0 Å². The van der Waals surface area contributed by atoms with Gasteiger partial charge in [-0.05, 0) is 88.8 Å². The first-order valence-corrected chi connectivity index (χ1v) is 13.8. The fourth-order valence-electron chi connectivity index (χ4n) is 4.98. The highest BCUT2D eigenvalue weighted by Gasteiger charge is 2.44. The van der Waals surface area contributed by atoms with Gasteiger partial charge in [0.2, 0.25) is 11.8 Å². The van der Waals surface area contributed by atoms with Crippen LogP contribution in [-0.4, -0.2) is 54.8 Å². The summed E-state index contributed by atoms with van der Waals surface area (Å²) < 4.78 is 12.4. The Labute approximate surface area is 231 Å². The number of halogens is 1. The third-order valence-electron chi connectivity index (χ3n) is 6.72. The first kappa shape index (κ1) is 27.5. The average Bonchev–Trinajstić information content (AvgIpc) is 3.18. The first-order chi connectivity index (χ1) is 17.5. The molecule has 0 fully saturated rings. The number of aliphatic hydroxyl groups is 1. The van der Waals surface area contributed by atoms with Gasteiger partial charge >= 0.3 is 0 Å². The summed E-state index contributed by atoms with van der Waals surface area (Å²) in [6.45, 7) is 6.81. The zero-order chi connectivity index (χ0) is 26.9. The molecule has 0 saturated heterocycles. The fraction of sp³-hybridized carbons (Fsp3) is 0.379. The van der Waals surface area contributed by atoms with E-state index in [0.717, 1.165) is 42.6 Å². The smallest absolute Gasteiger partial charge is 0.217 e. The molecule has 0 radical (unpaired) electrons. The van der Waals surface area contributed by atoms with Crippen molar-refractivity contribution in [2.75, 3.05) is 34.9 Å². The number of methoxy groups -OCH3 is 2. The summed E-state index contributed by atoms with van der Waals surface area (Å²) in [6, 6.07) is 14.1. The van der Waals surface area contributed by atoms with Gasteiger partial charge in [0.1, 0.15) is 5.60 Å². The van der Waals surface area contributed by atoms with Gasteiger partial charge in [-0.15, -0.1) is 11.3 Å². The first-order valence-electron chi connectivity index (χ1n) is 12.2. The number of hydrogen-bond acceptors (Lipinski definition) is 7. The number of ether oxygens (including phenoxy) is 2. The Kier molecular flexibility index (Phi) is 8.23. The van der Waals surface area contributed by atoms with Crippen molar-refractivity contribution < 1.29 is 14.6 Å². The van der Waals surface area contributed by atoms with Crippen LogP contribution >= 0.6 is 27.3 Å². The van der Waals surface area contributed by atoms with E-state index in [1.807, 2.05) is 51.4 Å². The van der Waals surface area contributed by atoms with Crippen LogP contribution in [0.1, 0.15) is 44.5 Å². The van der Waals surface area contributed by atoms with Crippen molar-refractivity contribution in [2.24, 2.45) is 0 Å². The lowest BCUT2D eigenvalue weighted by Gasteiger charge is -2.39. The normalized spacial score (nSPS) is 14.1. The summed E-state index contributed by atoms with van der Waals surface area (Å²) in [5.74, 6) is 0.529. The summed E-state index contributed by atoms with van der Waals surface area (Å²) >= 11 is 5.33. The monoisotopic (exact) mass is 583 g/mol. The van der Waals surface area contributed by atoms with E-state index in [9.17, 15) is 5.11 Å². The van der Waals surface area contributed by atoms with Crippen molar-refractivity contribution >= 4 is 38.2 Å². The van der Waals surface area contributed by atoms with Gasteiger partial charge in [-0.2, -0.15) is 0 Å². The minimum absolute atomic E-state index is 0.449. The van der Waals surface area contributed by atoms with Gasteiger partial charge in [0.05, 0.1) is 19.7 Å². The van der Waals surface area contributed by atoms with Crippen molar-refractivity contribution in [3.63, 3.8) is 0 Å². The number of thiophene rings is 1. The third-order valence-corrected chi connectivity index (χ3v) is 8.20. The number of nitrogens with zero attached hydrogens (tertiary/aromatic N) is 3. The number of hydrogen-bond donors (Lipinski definition) is 1. The maximum Gasteiger partial charge on any atom is 0.217 e. The topological polar surface area (TPSA) is 67.7 Å². The molecule has 4 rings (SSSR count). The second-order valence-electron chi connectivity index (χ2n) is 9.74. The second-order valence-corrected chi connectivity index (χ2v) is 12.1. The molecule has 2 atom stereocenters. The lowest BCUT2D eigenvalue weighted by molar-refractivity contribution is 0.00342. The highest BCUT2D eigenvalue weighted by Crippen LogP contribution is 2.50. The fourth-order valence-corrected chi connectivity index (χ4v) is 6.32. The molecule has 0 saturated carbocycles. The Morgan fingerprint density at radius 1 is 1.00 bits per heavy atom. The van der Waals surface area contributed by atoms with E-state index >= 15 is 0 Å². The van der Waals surface area contributed by atoms with Gasteiger partial charge in [0, 0.05) is 49.4 Å². The molecule has 3 aromatic heterocycles. The van der Waals surface area contributed by atoms with E-state index in [1.165, 1.54) is 4.88 Å². The summed E-state index contributed by atoms with van der Waals surface area (Å²) in [6.07, 6.45) is 0.477. The zero-order valence-electron chi connectivity index (χ0n) is 22.4. The molecular weight excluding hydrogens is 550 g/mol. The highest BCUT2D eigenvalue weighted by molar-refractivity contribution is 9.10. The molecular formula is C29H34BrN3O3S. The van der Waals surface area contributed by atoms with E-state index in [-0.39, 0.29) is 0 Å². The molecule has 0 bridgehead atoms. The standard InChI is InChI=1S/C29H34BrN3O3S/c1-17-12-21(16-26(31-17)35-6)29(34,10-11-33(4)5)27(23-13-18(2)37-19(23)3)24-15-20-14-22(30)8-9-25(20)32-28(24)36-7/h8-9,12-16,27,34H,10-11H2,1-7H3. The van der Waals surface area contributed by atoms with Crippen LogP contribution in [0.2, 0.25) is 0 Å². The van der Waals surface area contributed by atoms with Crippen LogP contribution in [0.15, 0.2) is 46.9 Å². The molecule has 4 aromatic rings. The molecule has 1 N–H and O–H groups in total. The molecule has 0 spiro atoms. The van der Waals surface area contributed by atoms with Crippen molar-refractivity contribution in [3.05, 3.63) is 79.1 Å². The van der Waals surface area contributed by atoms with Crippen LogP contribution in [0.4, 0.5) is 0 Å². The minimum atomic E-state index is -1.31. The van der Waals surface area contributed by atoms with Crippen LogP contribution < -0.4 is 9.47 Å². The molecule has 0 aliphatic heterocycles. The van der Waals surface area contributed by atoms with Crippen molar-refractivity contribution in [3.8, 4) is 11.8 Å². The Balaban J connectivity index is 2.08. The Morgan fingerprint density at radius 2 is 1.76 bits per heavy atom. The molecule has 196 valence electrons. The molecule has 3 heterocycles. The molecule has 8 heteroatoms. The number of fused-ring (bicyclic) bond motifs is 1. The Morgan fingerprint density at radius 3 is 2.38 bits per heavy atom. The van der Waals surface area contributed by atoms with Crippen molar-refractivity contribution in [2.45, 2.75) is 38.7 Å². The molecule has 37 heavy (non-hydrogen) atoms. The average molecular weight is 585 g/mol. The lowest BCUT2D eigenvalue weighted by Crippen LogP contribution is -2.38. The molecule has 0 aliphatic rings. The highest BCUT2D eigenvalue weighted by atomic mass is 79.9. The van der Waals surface area contributed by atoms with Gasteiger partial charge in [-0.1, -0.05) is 15.9 Å². The molecule has 1 aromatic carbocycles. The summed E-state index contributed by atoms with van der Waals surface area (Å²) in [5, 5.41) is 13.9. The minimum Gasteiger partial charge on any atom is -0.481 e. The largest absolute Gasteiger partial charge is 0.481 e. The van der Waals surface area contributed by atoms with Gasteiger partial charge in [-0.25, -0.2) is 9.97 Å². The van der Waals surface area contributed by atoms with Gasteiger partial charge in [-0.3, -0.25) is 0 Å². The summed E-state index contributed by atoms with van der Waals surface area (Å²) in [5.41, 5.74) is 2.96. The van der Waals surface area contributed by atoms with Crippen LogP contribution in [0.5, 0.6) is 11.8 Å². The number of rotatable bonds is 9. The Bertz CT molecular complexity index is 1420. The van der Waals surface area contributed by atoms with Crippen LogP contribution in [0.25, 0.3) is 10.9 Å². The van der Waals surface area contributed by atoms with Gasteiger partial charge in [0.25, 0.3) is 0 Å². The summed E-state index contributed by atoms with van der Waals surface area (Å²) in [4.78, 5) is 13.8. The van der Waals surface area contributed by atoms with Crippen LogP contribution in [-0.2, 0) is 5.60 Å². The predicted octanol–water partition coefficient (Wildman–Crippen LogP) is 6.37. The van der Waals surface area contributed by atoms with Crippen molar-refractivity contribution in [1.82, 2.24) is 14.9 Å². The molecule has 6 nitrogen and oxygen atoms in total. The molecule has 2 unspecified atom stereocenters. The zero-order valence-corrected chi connectivity index (χ0v) is 24.8.